The molecule has 0 radical (unpaired) electrons. The average Bonchev–Trinajstić information content (AvgIpc) is 2.77. The number of hydrogen-bond donors (Lipinski definition) is 0. The Balaban J connectivity index is 2.28. The average molecular weight is 368 g/mol. The maximum Gasteiger partial charge on any atom is 0.496 e. The molecule has 1 saturated heterocycles. The SMILES string of the molecule is [2H]c1nc2c(c([2H])c1B1OC(C)(C)C(C)(C)O1)C([2H])([2H])N(C(=O)OC(C)(C)C)C([2H])([2H])C2([2H])[2H]. The molecular weight excluding hydrogens is 331 g/mol. The summed E-state index contributed by atoms with van der Waals surface area (Å²) in [6.45, 7) is 5.21. The zero-order chi connectivity index (χ0) is 26.4. The fourth-order valence-electron chi connectivity index (χ4n) is 2.29. The molecule has 142 valence electrons. The van der Waals surface area contributed by atoms with E-state index in [9.17, 15) is 4.79 Å². The molecule has 0 aromatic carbocycles. The quantitative estimate of drug-likeness (QED) is 0.714. The van der Waals surface area contributed by atoms with Crippen molar-refractivity contribution in [3.05, 3.63) is 23.5 Å². The minimum absolute atomic E-state index is 0.0188. The van der Waals surface area contributed by atoms with Crippen LogP contribution in [0.4, 0.5) is 4.79 Å². The highest BCUT2D eigenvalue weighted by molar-refractivity contribution is 6.62. The van der Waals surface area contributed by atoms with E-state index in [1.165, 1.54) is 20.8 Å². The normalized spacial score (nSPS) is 31.8. The van der Waals surface area contributed by atoms with E-state index >= 15 is 0 Å². The van der Waals surface area contributed by atoms with Crippen molar-refractivity contribution in [2.45, 2.75) is 78.1 Å². The number of ether oxygens (including phenoxy) is 1. The number of carbonyl (C=O) groups is 1. The van der Waals surface area contributed by atoms with E-state index in [4.69, 9.17) is 25.0 Å². The van der Waals surface area contributed by atoms with Gasteiger partial charge in [0.15, 0.2) is 0 Å². The van der Waals surface area contributed by atoms with Crippen LogP contribution in [0, 0.1) is 0 Å². The molecule has 0 unspecified atom stereocenters. The van der Waals surface area contributed by atoms with E-state index < -0.39 is 72.9 Å². The molecule has 0 spiro atoms. The van der Waals surface area contributed by atoms with Gasteiger partial charge >= 0.3 is 13.2 Å². The summed E-state index contributed by atoms with van der Waals surface area (Å²) in [5.74, 6) is 0. The Morgan fingerprint density at radius 2 is 1.96 bits per heavy atom. The first-order chi connectivity index (χ1) is 15.0. The van der Waals surface area contributed by atoms with Crippen molar-refractivity contribution in [3.8, 4) is 0 Å². The predicted octanol–water partition coefficient (Wildman–Crippen LogP) is 2.67. The lowest BCUT2D eigenvalue weighted by atomic mass is 9.79. The van der Waals surface area contributed by atoms with Gasteiger partial charge < -0.3 is 18.9 Å². The fourth-order valence-corrected chi connectivity index (χ4v) is 2.29. The van der Waals surface area contributed by atoms with Crippen LogP contribution in [0.3, 0.4) is 0 Å². The second-order valence-corrected chi connectivity index (χ2v) is 8.24. The number of amides is 1. The molecule has 2 aliphatic rings. The van der Waals surface area contributed by atoms with Crippen molar-refractivity contribution in [1.29, 1.82) is 0 Å². The van der Waals surface area contributed by atoms with Crippen LogP contribution in [-0.2, 0) is 26.9 Å². The van der Waals surface area contributed by atoms with Crippen LogP contribution in [0.1, 0.15) is 70.7 Å². The molecule has 0 aliphatic carbocycles. The van der Waals surface area contributed by atoms with Crippen LogP contribution in [0.15, 0.2) is 12.2 Å². The van der Waals surface area contributed by atoms with Gasteiger partial charge in [0.25, 0.3) is 0 Å². The van der Waals surface area contributed by atoms with Crippen LogP contribution >= 0.6 is 0 Å². The van der Waals surface area contributed by atoms with Gasteiger partial charge in [-0.05, 0) is 54.0 Å². The molecule has 0 atom stereocenters. The summed E-state index contributed by atoms with van der Waals surface area (Å²) >= 11 is 0. The molecule has 0 bridgehead atoms. The maximum absolute atomic E-state index is 12.9. The number of nitrogens with zero attached hydrogens (tertiary/aromatic N) is 2. The van der Waals surface area contributed by atoms with E-state index in [-0.39, 0.29) is 10.4 Å². The van der Waals surface area contributed by atoms with Gasteiger partial charge in [0, 0.05) is 35.7 Å². The summed E-state index contributed by atoms with van der Waals surface area (Å²) in [6, 6.07) is -0.661. The van der Waals surface area contributed by atoms with Crippen molar-refractivity contribution in [2.75, 3.05) is 6.50 Å². The molecule has 6 nitrogen and oxygen atoms in total. The van der Waals surface area contributed by atoms with Gasteiger partial charge in [0.1, 0.15) is 5.60 Å². The highest BCUT2D eigenvalue weighted by Gasteiger charge is 2.52. The largest absolute Gasteiger partial charge is 0.496 e. The van der Waals surface area contributed by atoms with Gasteiger partial charge in [0.2, 0.25) is 0 Å². The van der Waals surface area contributed by atoms with E-state index in [0.717, 1.165) is 0 Å². The predicted molar refractivity (Wildman–Crippen MR) is 100 cm³/mol. The molecule has 26 heavy (non-hydrogen) atoms. The Hall–Kier alpha value is -1.60. The van der Waals surface area contributed by atoms with Gasteiger partial charge in [-0.2, -0.15) is 0 Å². The monoisotopic (exact) mass is 368 g/mol. The molecule has 3 rings (SSSR count). The number of aryl methyl sites for hydroxylation is 1. The number of aromatic nitrogens is 1. The zero-order valence-corrected chi connectivity index (χ0v) is 16.1. The first-order valence-corrected chi connectivity index (χ1v) is 8.40. The highest BCUT2D eigenvalue weighted by atomic mass is 16.7. The second kappa shape index (κ2) is 6.24. The van der Waals surface area contributed by atoms with E-state index in [0.29, 0.717) is 0 Å². The van der Waals surface area contributed by atoms with Crippen LogP contribution in [0.5, 0.6) is 0 Å². The van der Waals surface area contributed by atoms with Gasteiger partial charge in [-0.15, -0.1) is 0 Å². The molecule has 3 heterocycles. The fraction of sp³-hybridized carbons (Fsp3) is 0.684. The topological polar surface area (TPSA) is 60.9 Å². The summed E-state index contributed by atoms with van der Waals surface area (Å²) in [5, 5.41) is 0. The van der Waals surface area contributed by atoms with Crippen molar-refractivity contribution in [2.24, 2.45) is 0 Å². The molecule has 2 aliphatic heterocycles. The smallest absolute Gasteiger partial charge is 0.444 e. The highest BCUT2D eigenvalue weighted by Crippen LogP contribution is 2.36. The standard InChI is InChI=1S/C19H29BN2O4/c1-17(2,3)24-16(23)22-9-8-15-13(12-22)10-14(11-21-15)20-25-18(4,5)19(6,7)26-20/h10-11H,8-9,12H2,1-7H3/i8D2,9D2,10D,11D,12D2. The molecule has 7 heteroatoms. The Kier molecular flexibility index (Phi) is 2.71. The Morgan fingerprint density at radius 3 is 2.54 bits per heavy atom. The van der Waals surface area contributed by atoms with Crippen molar-refractivity contribution in [3.63, 3.8) is 0 Å². The van der Waals surface area contributed by atoms with E-state index in [2.05, 4.69) is 4.98 Å². The molecular formula is C19H29BN2O4. The molecule has 1 aromatic heterocycles. The van der Waals surface area contributed by atoms with Crippen LogP contribution in [-0.4, -0.2) is 46.4 Å². The number of pyridine rings is 1. The van der Waals surface area contributed by atoms with E-state index in [1.807, 2.05) is 0 Å². The molecule has 1 aromatic rings. The number of hydrogen-bond acceptors (Lipinski definition) is 5. The van der Waals surface area contributed by atoms with Gasteiger partial charge in [0.05, 0.1) is 23.2 Å². The summed E-state index contributed by atoms with van der Waals surface area (Å²) in [7, 11) is -1.28. The van der Waals surface area contributed by atoms with Gasteiger partial charge in [-0.25, -0.2) is 4.79 Å². The van der Waals surface area contributed by atoms with Crippen molar-refractivity contribution < 1.29 is 29.8 Å². The zero-order valence-electron chi connectivity index (χ0n) is 24.1. The first-order valence-electron chi connectivity index (χ1n) is 12.4. The summed E-state index contributed by atoms with van der Waals surface area (Å²) < 4.78 is 84.9. The Morgan fingerprint density at radius 1 is 1.35 bits per heavy atom. The minimum Gasteiger partial charge on any atom is -0.444 e. The third-order valence-corrected chi connectivity index (χ3v) is 4.36. The second-order valence-electron chi connectivity index (χ2n) is 8.24. The molecule has 1 fully saturated rings. The third kappa shape index (κ3) is 3.74. The number of carbonyl (C=O) groups excluding carboxylic acids is 1. The van der Waals surface area contributed by atoms with Crippen molar-refractivity contribution >= 4 is 18.7 Å². The lowest BCUT2D eigenvalue weighted by molar-refractivity contribution is 0.00578. The van der Waals surface area contributed by atoms with Crippen LogP contribution in [0.2, 0.25) is 0 Å². The van der Waals surface area contributed by atoms with Crippen LogP contribution < -0.4 is 5.46 Å². The molecule has 0 N–H and O–H groups in total. The Bertz CT molecular complexity index is 1030. The van der Waals surface area contributed by atoms with Crippen molar-refractivity contribution in [1.82, 2.24) is 9.88 Å². The third-order valence-electron chi connectivity index (χ3n) is 4.36. The summed E-state index contributed by atoms with van der Waals surface area (Å²) in [5.41, 5.74) is -4.54. The summed E-state index contributed by atoms with van der Waals surface area (Å²) in [6.07, 6.45) is -5.13. The first kappa shape index (κ1) is 11.3. The van der Waals surface area contributed by atoms with E-state index in [1.54, 1.807) is 27.7 Å². The lowest BCUT2D eigenvalue weighted by Gasteiger charge is -2.32. The number of rotatable bonds is 1. The van der Waals surface area contributed by atoms with Gasteiger partial charge in [-0.1, -0.05) is 6.04 Å². The lowest BCUT2D eigenvalue weighted by Crippen LogP contribution is -2.41. The maximum atomic E-state index is 12.9. The number of fused-ring (bicyclic) bond motifs is 1. The minimum atomic E-state index is -3.26. The Labute approximate surface area is 167 Å². The van der Waals surface area contributed by atoms with Crippen LogP contribution in [0.25, 0.3) is 0 Å². The molecule has 1 amide bonds. The summed E-state index contributed by atoms with van der Waals surface area (Å²) in [4.78, 5) is 16.8. The van der Waals surface area contributed by atoms with Gasteiger partial charge in [-0.3, -0.25) is 4.98 Å². The molecule has 0 saturated carbocycles.